The molecule has 3 aromatic rings. The second-order valence-corrected chi connectivity index (χ2v) is 5.83. The number of Topliss-reactive ketones (excluding diaryl/α,β-unsaturated/α-hetero) is 1. The highest BCUT2D eigenvalue weighted by Crippen LogP contribution is 2.24. The first-order valence-electron chi connectivity index (χ1n) is 7.25. The maximum absolute atomic E-state index is 12.7. The Bertz CT molecular complexity index is 960. The number of aromatic nitrogens is 2. The molecule has 5 nitrogen and oxygen atoms in total. The van der Waals surface area contributed by atoms with Gasteiger partial charge in [-0.2, -0.15) is 0 Å². The number of aliphatic imine (C=N–C) groups is 1. The number of fused-ring (bicyclic) bond motifs is 3. The van der Waals surface area contributed by atoms with Crippen LogP contribution in [0.4, 0.5) is 5.82 Å². The van der Waals surface area contributed by atoms with E-state index in [-0.39, 0.29) is 5.78 Å². The highest BCUT2D eigenvalue weighted by Gasteiger charge is 2.28. The van der Waals surface area contributed by atoms with Gasteiger partial charge in [0.15, 0.2) is 5.82 Å². The van der Waals surface area contributed by atoms with Crippen molar-refractivity contribution in [1.29, 1.82) is 0 Å². The summed E-state index contributed by atoms with van der Waals surface area (Å²) in [5.74, 6) is 1.04. The van der Waals surface area contributed by atoms with Gasteiger partial charge in [-0.3, -0.25) is 14.2 Å². The largest absolute Gasteiger partial charge is 0.323 e. The molecule has 0 spiro atoms. The lowest BCUT2D eigenvalue weighted by Gasteiger charge is -2.07. The number of nitrogens with one attached hydrogen (secondary N) is 1. The average Bonchev–Trinajstić information content (AvgIpc) is 2.85. The summed E-state index contributed by atoms with van der Waals surface area (Å²) in [4.78, 5) is 21.7. The fourth-order valence-corrected chi connectivity index (χ4v) is 2.89. The summed E-state index contributed by atoms with van der Waals surface area (Å²) in [6, 6.07) is 12.5. The first-order chi connectivity index (χ1) is 11.1. The van der Waals surface area contributed by atoms with E-state index in [1.54, 1.807) is 17.4 Å². The van der Waals surface area contributed by atoms with Crippen LogP contribution in [-0.2, 0) is 0 Å². The number of imidazole rings is 1. The van der Waals surface area contributed by atoms with Crippen LogP contribution >= 0.6 is 11.6 Å². The van der Waals surface area contributed by atoms with E-state index in [0.717, 1.165) is 11.2 Å². The Balaban J connectivity index is 1.90. The molecule has 0 amide bonds. The van der Waals surface area contributed by atoms with Gasteiger partial charge in [-0.15, -0.1) is 0 Å². The van der Waals surface area contributed by atoms with Crippen molar-refractivity contribution in [3.63, 3.8) is 0 Å². The standard InChI is InChI=1S/C17H13ClN4O/c1-10-15(23)14-17(20-13-7-2-3-8-22(13)14)21-16(19-10)11-5-4-6-12(18)9-11/h2-10H,1H3,(H,19,21)/t10-/m0/s1. The Morgan fingerprint density at radius 3 is 2.91 bits per heavy atom. The van der Waals surface area contributed by atoms with Crippen molar-refractivity contribution in [2.75, 3.05) is 5.32 Å². The number of halogens is 1. The molecule has 0 saturated heterocycles. The van der Waals surface area contributed by atoms with Gasteiger partial charge in [0.25, 0.3) is 0 Å². The molecule has 1 aromatic carbocycles. The van der Waals surface area contributed by atoms with E-state index in [0.29, 0.717) is 22.4 Å². The van der Waals surface area contributed by atoms with E-state index in [1.807, 2.05) is 42.6 Å². The van der Waals surface area contributed by atoms with Crippen LogP contribution in [0.2, 0.25) is 5.02 Å². The highest BCUT2D eigenvalue weighted by atomic mass is 35.5. The van der Waals surface area contributed by atoms with Crippen LogP contribution in [0.1, 0.15) is 23.0 Å². The normalized spacial score (nSPS) is 17.4. The zero-order chi connectivity index (χ0) is 16.0. The van der Waals surface area contributed by atoms with Crippen LogP contribution < -0.4 is 5.32 Å². The number of carbonyl (C=O) groups is 1. The fourth-order valence-electron chi connectivity index (χ4n) is 2.70. The second kappa shape index (κ2) is 5.21. The lowest BCUT2D eigenvalue weighted by Crippen LogP contribution is -2.17. The van der Waals surface area contributed by atoms with Crippen molar-refractivity contribution in [2.24, 2.45) is 4.99 Å². The van der Waals surface area contributed by atoms with Crippen LogP contribution in [0.25, 0.3) is 5.65 Å². The molecule has 6 heteroatoms. The minimum absolute atomic E-state index is 0.0665. The third kappa shape index (κ3) is 2.29. The van der Waals surface area contributed by atoms with E-state index < -0.39 is 6.04 Å². The topological polar surface area (TPSA) is 58.8 Å². The predicted molar refractivity (Wildman–Crippen MR) is 90.6 cm³/mol. The molecule has 0 saturated carbocycles. The molecule has 1 atom stereocenters. The zero-order valence-electron chi connectivity index (χ0n) is 12.3. The Kier molecular flexibility index (Phi) is 3.16. The molecule has 0 fully saturated rings. The molecule has 4 rings (SSSR count). The quantitative estimate of drug-likeness (QED) is 0.746. The molecule has 0 unspecified atom stereocenters. The molecule has 114 valence electrons. The maximum atomic E-state index is 12.7. The Morgan fingerprint density at radius 1 is 1.22 bits per heavy atom. The Morgan fingerprint density at radius 2 is 2.09 bits per heavy atom. The SMILES string of the molecule is C[C@@H]1N=C(c2cccc(Cl)c2)Nc2nc3ccccn3c2C1=O. The number of ketones is 1. The Labute approximate surface area is 137 Å². The van der Waals surface area contributed by atoms with Crippen LogP contribution in [0.3, 0.4) is 0 Å². The third-order valence-corrected chi connectivity index (χ3v) is 4.04. The van der Waals surface area contributed by atoms with Crippen LogP contribution in [0.5, 0.6) is 0 Å². The maximum Gasteiger partial charge on any atom is 0.207 e. The molecule has 0 bridgehead atoms. The molecule has 23 heavy (non-hydrogen) atoms. The van der Waals surface area contributed by atoms with Crippen molar-refractivity contribution in [3.05, 3.63) is 64.9 Å². The molecule has 0 radical (unpaired) electrons. The molecular formula is C17H13ClN4O. The van der Waals surface area contributed by atoms with Crippen molar-refractivity contribution < 1.29 is 4.79 Å². The van der Waals surface area contributed by atoms with E-state index in [9.17, 15) is 4.79 Å². The number of pyridine rings is 1. The number of hydrogen-bond acceptors (Lipinski definition) is 4. The summed E-state index contributed by atoms with van der Waals surface area (Å²) < 4.78 is 1.79. The number of benzene rings is 1. The second-order valence-electron chi connectivity index (χ2n) is 5.39. The van der Waals surface area contributed by atoms with E-state index >= 15 is 0 Å². The van der Waals surface area contributed by atoms with E-state index in [2.05, 4.69) is 15.3 Å². The van der Waals surface area contributed by atoms with Crippen LogP contribution in [-0.4, -0.2) is 27.0 Å². The Hall–Kier alpha value is -2.66. The first-order valence-corrected chi connectivity index (χ1v) is 7.63. The van der Waals surface area contributed by atoms with Crippen LogP contribution in [0.15, 0.2) is 53.7 Å². The lowest BCUT2D eigenvalue weighted by molar-refractivity contribution is 0.0965. The molecule has 1 aliphatic heterocycles. The van der Waals surface area contributed by atoms with Gasteiger partial charge in [0.05, 0.1) is 0 Å². The minimum atomic E-state index is -0.502. The van der Waals surface area contributed by atoms with E-state index in [1.165, 1.54) is 0 Å². The number of nitrogens with zero attached hydrogens (tertiary/aromatic N) is 3. The van der Waals surface area contributed by atoms with Crippen LogP contribution in [0, 0.1) is 0 Å². The van der Waals surface area contributed by atoms with Gasteiger partial charge in [0.2, 0.25) is 5.78 Å². The van der Waals surface area contributed by atoms with Crippen molar-refractivity contribution in [2.45, 2.75) is 13.0 Å². The first kappa shape index (κ1) is 14.0. The van der Waals surface area contributed by atoms with Crippen molar-refractivity contribution in [1.82, 2.24) is 9.38 Å². The molecule has 1 aliphatic rings. The van der Waals surface area contributed by atoms with Gasteiger partial charge in [-0.1, -0.05) is 29.8 Å². The summed E-state index contributed by atoms with van der Waals surface area (Å²) in [5.41, 5.74) is 2.06. The average molecular weight is 325 g/mol. The highest BCUT2D eigenvalue weighted by molar-refractivity contribution is 6.31. The molecule has 1 N–H and O–H groups in total. The fraction of sp³-hybridized carbons (Fsp3) is 0.118. The summed E-state index contributed by atoms with van der Waals surface area (Å²) in [6.07, 6.45) is 1.83. The number of rotatable bonds is 1. The van der Waals surface area contributed by atoms with Gasteiger partial charge < -0.3 is 5.32 Å². The third-order valence-electron chi connectivity index (χ3n) is 3.80. The summed E-state index contributed by atoms with van der Waals surface area (Å²) in [7, 11) is 0. The molecule has 0 aliphatic carbocycles. The molecule has 3 heterocycles. The van der Waals surface area contributed by atoms with Crippen molar-refractivity contribution in [3.8, 4) is 0 Å². The van der Waals surface area contributed by atoms with Gasteiger partial charge >= 0.3 is 0 Å². The minimum Gasteiger partial charge on any atom is -0.323 e. The summed E-state index contributed by atoms with van der Waals surface area (Å²) in [6.45, 7) is 1.78. The monoisotopic (exact) mass is 324 g/mol. The number of anilines is 1. The summed E-state index contributed by atoms with van der Waals surface area (Å²) >= 11 is 6.06. The smallest absolute Gasteiger partial charge is 0.207 e. The van der Waals surface area contributed by atoms with Gasteiger partial charge in [-0.25, -0.2) is 4.98 Å². The molecule has 2 aromatic heterocycles. The molecular weight excluding hydrogens is 312 g/mol. The number of carbonyl (C=O) groups excluding carboxylic acids is 1. The van der Waals surface area contributed by atoms with Gasteiger partial charge in [0.1, 0.15) is 23.2 Å². The number of amidine groups is 1. The number of hydrogen-bond donors (Lipinski definition) is 1. The van der Waals surface area contributed by atoms with Gasteiger partial charge in [-0.05, 0) is 31.2 Å². The predicted octanol–water partition coefficient (Wildman–Crippen LogP) is 3.43. The zero-order valence-corrected chi connectivity index (χ0v) is 13.1. The van der Waals surface area contributed by atoms with Crippen molar-refractivity contribution >= 4 is 34.7 Å². The lowest BCUT2D eigenvalue weighted by atomic mass is 10.1. The van der Waals surface area contributed by atoms with Gasteiger partial charge in [0, 0.05) is 16.8 Å². The summed E-state index contributed by atoms with van der Waals surface area (Å²) in [5, 5.41) is 3.81. The van der Waals surface area contributed by atoms with E-state index in [4.69, 9.17) is 11.6 Å².